The molecule has 0 aliphatic carbocycles. The molecule has 1 atom stereocenters. The van der Waals surface area contributed by atoms with Gasteiger partial charge in [0.1, 0.15) is 0 Å². The van der Waals surface area contributed by atoms with Crippen molar-refractivity contribution in [3.05, 3.63) is 23.8 Å². The van der Waals surface area contributed by atoms with Crippen molar-refractivity contribution in [1.29, 1.82) is 0 Å². The fourth-order valence-corrected chi connectivity index (χ4v) is 0.929. The number of hydrogen-bond acceptors (Lipinski definition) is 2. The van der Waals surface area contributed by atoms with Gasteiger partial charge in [0.15, 0.2) is 0 Å². The maximum atomic E-state index is 4.38. The average molecular weight is 150 g/mol. The summed E-state index contributed by atoms with van der Waals surface area (Å²) in [5, 5.41) is 0. The van der Waals surface area contributed by atoms with Gasteiger partial charge in [0.2, 0.25) is 0 Å². The van der Waals surface area contributed by atoms with Gasteiger partial charge in [-0.05, 0) is 19.3 Å². The molecule has 0 radical (unpaired) electrons. The van der Waals surface area contributed by atoms with Crippen LogP contribution in [0.25, 0.3) is 0 Å². The lowest BCUT2D eigenvalue weighted by molar-refractivity contribution is 0.699. The fraction of sp³-hybridized carbons (Fsp3) is 0.556. The summed E-state index contributed by atoms with van der Waals surface area (Å²) >= 11 is 0. The minimum Gasteiger partial charge on any atom is -0.261 e. The van der Waals surface area contributed by atoms with Gasteiger partial charge in [0.05, 0.1) is 11.4 Å². The van der Waals surface area contributed by atoms with Gasteiger partial charge in [0, 0.05) is 12.4 Å². The van der Waals surface area contributed by atoms with Crippen LogP contribution < -0.4 is 0 Å². The van der Waals surface area contributed by atoms with Crippen LogP contribution in [-0.2, 0) is 0 Å². The Morgan fingerprint density at radius 1 is 1.45 bits per heavy atom. The Morgan fingerprint density at radius 3 is 2.73 bits per heavy atom. The molecule has 0 N–H and O–H groups in total. The summed E-state index contributed by atoms with van der Waals surface area (Å²) in [5.74, 6) is 0.530. The van der Waals surface area contributed by atoms with Crippen LogP contribution in [-0.4, -0.2) is 9.97 Å². The Morgan fingerprint density at radius 2 is 2.18 bits per heavy atom. The molecule has 0 spiro atoms. The van der Waals surface area contributed by atoms with Crippen LogP contribution in [0.2, 0.25) is 0 Å². The first-order chi connectivity index (χ1) is 5.24. The van der Waals surface area contributed by atoms with E-state index < -0.39 is 0 Å². The predicted octanol–water partition coefficient (Wildman–Crippen LogP) is 2.30. The second-order valence-electron chi connectivity index (χ2n) is 2.89. The zero-order chi connectivity index (χ0) is 8.27. The Hall–Kier alpha value is -0.920. The van der Waals surface area contributed by atoms with Crippen LogP contribution in [0.1, 0.15) is 37.6 Å². The van der Waals surface area contributed by atoms with Gasteiger partial charge >= 0.3 is 0 Å². The number of nitrogens with zero attached hydrogens (tertiary/aromatic N) is 2. The molecule has 1 heterocycles. The highest BCUT2D eigenvalue weighted by atomic mass is 14.8. The third kappa shape index (κ3) is 2.00. The molecule has 1 aromatic heterocycles. The quantitative estimate of drug-likeness (QED) is 0.646. The summed E-state index contributed by atoms with van der Waals surface area (Å²) in [6, 6.07) is 0. The van der Waals surface area contributed by atoms with E-state index >= 15 is 0 Å². The molecule has 1 unspecified atom stereocenters. The lowest BCUT2D eigenvalue weighted by Crippen LogP contribution is -1.97. The fourth-order valence-electron chi connectivity index (χ4n) is 0.929. The number of aryl methyl sites for hydroxylation is 1. The summed E-state index contributed by atoms with van der Waals surface area (Å²) in [7, 11) is 0. The molecule has 0 bridgehead atoms. The van der Waals surface area contributed by atoms with Crippen molar-refractivity contribution in [2.75, 3.05) is 0 Å². The first-order valence-corrected chi connectivity index (χ1v) is 4.02. The first-order valence-electron chi connectivity index (χ1n) is 4.02. The highest BCUT2D eigenvalue weighted by Crippen LogP contribution is 2.14. The van der Waals surface area contributed by atoms with Crippen molar-refractivity contribution < 1.29 is 0 Å². The molecule has 0 aliphatic rings. The Balaban J connectivity index is 2.86. The maximum absolute atomic E-state index is 4.38. The number of aromatic nitrogens is 2. The largest absolute Gasteiger partial charge is 0.261 e. The Labute approximate surface area is 67.7 Å². The van der Waals surface area contributed by atoms with E-state index in [9.17, 15) is 0 Å². The number of hydrogen-bond donors (Lipinski definition) is 0. The minimum atomic E-state index is 0.530. The van der Waals surface area contributed by atoms with Crippen molar-refractivity contribution >= 4 is 0 Å². The van der Waals surface area contributed by atoms with Gasteiger partial charge in [-0.2, -0.15) is 0 Å². The Kier molecular flexibility index (Phi) is 2.58. The van der Waals surface area contributed by atoms with Crippen molar-refractivity contribution in [2.24, 2.45) is 0 Å². The van der Waals surface area contributed by atoms with E-state index in [0.717, 1.165) is 17.8 Å². The second-order valence-corrected chi connectivity index (χ2v) is 2.89. The smallest absolute Gasteiger partial charge is 0.0617 e. The second kappa shape index (κ2) is 3.46. The van der Waals surface area contributed by atoms with Crippen molar-refractivity contribution in [3.8, 4) is 0 Å². The van der Waals surface area contributed by atoms with Crippen LogP contribution in [0, 0.1) is 6.92 Å². The van der Waals surface area contributed by atoms with Crippen molar-refractivity contribution in [2.45, 2.75) is 33.1 Å². The van der Waals surface area contributed by atoms with Gasteiger partial charge in [-0.3, -0.25) is 9.97 Å². The monoisotopic (exact) mass is 150 g/mol. The van der Waals surface area contributed by atoms with Crippen LogP contribution in [0.5, 0.6) is 0 Å². The molecule has 0 aliphatic heterocycles. The zero-order valence-corrected chi connectivity index (χ0v) is 7.33. The van der Waals surface area contributed by atoms with Gasteiger partial charge in [-0.1, -0.05) is 13.8 Å². The van der Waals surface area contributed by atoms with Gasteiger partial charge in [0.25, 0.3) is 0 Å². The topological polar surface area (TPSA) is 25.8 Å². The molecule has 0 saturated heterocycles. The Bertz CT molecular complexity index is 233. The van der Waals surface area contributed by atoms with Gasteiger partial charge < -0.3 is 0 Å². The summed E-state index contributed by atoms with van der Waals surface area (Å²) in [6.07, 6.45) is 4.76. The molecular formula is C9H14N2. The first kappa shape index (κ1) is 8.18. The summed E-state index contributed by atoms with van der Waals surface area (Å²) < 4.78 is 0. The molecule has 1 rings (SSSR count). The summed E-state index contributed by atoms with van der Waals surface area (Å²) in [6.45, 7) is 6.30. The normalized spacial score (nSPS) is 13.0. The van der Waals surface area contributed by atoms with Gasteiger partial charge in [-0.25, -0.2) is 0 Å². The van der Waals surface area contributed by atoms with E-state index in [1.165, 1.54) is 0 Å². The lowest BCUT2D eigenvalue weighted by Gasteiger charge is -2.06. The molecule has 2 nitrogen and oxygen atoms in total. The van der Waals surface area contributed by atoms with E-state index in [2.05, 4.69) is 23.8 Å². The number of rotatable bonds is 2. The van der Waals surface area contributed by atoms with E-state index in [4.69, 9.17) is 0 Å². The molecule has 1 aromatic rings. The highest BCUT2D eigenvalue weighted by molar-refractivity contribution is 5.05. The zero-order valence-electron chi connectivity index (χ0n) is 7.33. The molecule has 0 aromatic carbocycles. The molecule has 0 fully saturated rings. The average Bonchev–Trinajstić information content (AvgIpc) is 2.03. The van der Waals surface area contributed by atoms with E-state index in [1.54, 1.807) is 6.20 Å². The molecule has 0 amide bonds. The maximum Gasteiger partial charge on any atom is 0.0617 e. The SMILES string of the molecule is CCC(C)c1cncc(C)n1. The van der Waals surface area contributed by atoms with Gasteiger partial charge in [-0.15, -0.1) is 0 Å². The van der Waals surface area contributed by atoms with Crippen LogP contribution in [0.4, 0.5) is 0 Å². The highest BCUT2D eigenvalue weighted by Gasteiger charge is 2.03. The molecular weight excluding hydrogens is 136 g/mol. The molecule has 2 heteroatoms. The molecule has 0 saturated carbocycles. The van der Waals surface area contributed by atoms with Crippen LogP contribution in [0.3, 0.4) is 0 Å². The van der Waals surface area contributed by atoms with Crippen molar-refractivity contribution in [3.63, 3.8) is 0 Å². The van der Waals surface area contributed by atoms with Crippen LogP contribution >= 0.6 is 0 Å². The third-order valence-corrected chi connectivity index (χ3v) is 1.89. The standard InChI is InChI=1S/C9H14N2/c1-4-7(2)9-6-10-5-8(3)11-9/h5-7H,4H2,1-3H3. The van der Waals surface area contributed by atoms with E-state index in [-0.39, 0.29) is 0 Å². The minimum absolute atomic E-state index is 0.530. The summed E-state index contributed by atoms with van der Waals surface area (Å²) in [5.41, 5.74) is 2.11. The molecule has 60 valence electrons. The van der Waals surface area contributed by atoms with E-state index in [1.807, 2.05) is 13.1 Å². The van der Waals surface area contributed by atoms with Crippen molar-refractivity contribution in [1.82, 2.24) is 9.97 Å². The van der Waals surface area contributed by atoms with E-state index in [0.29, 0.717) is 5.92 Å². The molecule has 11 heavy (non-hydrogen) atoms. The summed E-state index contributed by atoms with van der Waals surface area (Å²) in [4.78, 5) is 8.47. The lowest BCUT2D eigenvalue weighted by atomic mass is 10.1. The van der Waals surface area contributed by atoms with Crippen LogP contribution in [0.15, 0.2) is 12.4 Å². The third-order valence-electron chi connectivity index (χ3n) is 1.89. The predicted molar refractivity (Wildman–Crippen MR) is 45.5 cm³/mol.